The molecule has 0 unspecified atom stereocenters. The van der Waals surface area contributed by atoms with Crippen molar-refractivity contribution >= 4 is 12.0 Å². The molecule has 1 rings (SSSR count). The highest BCUT2D eigenvalue weighted by atomic mass is 16.4. The van der Waals surface area contributed by atoms with Gasteiger partial charge in [-0.2, -0.15) is 0 Å². The van der Waals surface area contributed by atoms with Gasteiger partial charge in [0.1, 0.15) is 5.54 Å². The summed E-state index contributed by atoms with van der Waals surface area (Å²) in [5.74, 6) is -0.999. The molecule has 0 aliphatic heterocycles. The molecule has 5 heteroatoms. The molecule has 0 heterocycles. The number of carboxylic acid groups (broad SMARTS) is 1. The summed E-state index contributed by atoms with van der Waals surface area (Å²) in [6.45, 7) is 3.97. The molecule has 0 fully saturated rings. The van der Waals surface area contributed by atoms with Crippen LogP contribution in [0, 0.1) is 0 Å². The molecule has 0 aliphatic carbocycles. The van der Waals surface area contributed by atoms with E-state index in [-0.39, 0.29) is 0 Å². The number of rotatable bonds is 7. The van der Waals surface area contributed by atoms with Crippen LogP contribution in [0.3, 0.4) is 0 Å². The minimum atomic E-state index is -1.18. The van der Waals surface area contributed by atoms with Gasteiger partial charge < -0.3 is 15.7 Å². The zero-order valence-corrected chi connectivity index (χ0v) is 12.0. The van der Waals surface area contributed by atoms with Crippen LogP contribution in [0.5, 0.6) is 0 Å². The minimum Gasteiger partial charge on any atom is -0.480 e. The maximum Gasteiger partial charge on any atom is 0.329 e. The van der Waals surface area contributed by atoms with Crippen LogP contribution in [0.2, 0.25) is 0 Å². The summed E-state index contributed by atoms with van der Waals surface area (Å²) in [5.41, 5.74) is -0.0557. The van der Waals surface area contributed by atoms with Gasteiger partial charge in [0.2, 0.25) is 0 Å². The summed E-state index contributed by atoms with van der Waals surface area (Å²) in [6, 6.07) is 9.36. The topological polar surface area (TPSA) is 78.4 Å². The van der Waals surface area contributed by atoms with E-state index >= 15 is 0 Å². The highest BCUT2D eigenvalue weighted by Crippen LogP contribution is 2.15. The molecule has 2 amide bonds. The van der Waals surface area contributed by atoms with Crippen LogP contribution in [-0.4, -0.2) is 29.2 Å². The molecule has 0 aromatic heterocycles. The van der Waals surface area contributed by atoms with Crippen LogP contribution in [0.15, 0.2) is 30.3 Å². The quantitative estimate of drug-likeness (QED) is 0.715. The summed E-state index contributed by atoms with van der Waals surface area (Å²) in [6.07, 6.45) is 1.42. The Kier molecular flexibility index (Phi) is 6.03. The van der Waals surface area contributed by atoms with Crippen LogP contribution in [0.1, 0.15) is 32.3 Å². The van der Waals surface area contributed by atoms with Crippen molar-refractivity contribution in [3.05, 3.63) is 35.9 Å². The molecule has 0 saturated carbocycles. The monoisotopic (exact) mass is 278 g/mol. The highest BCUT2D eigenvalue weighted by molar-refractivity contribution is 5.86. The van der Waals surface area contributed by atoms with Crippen molar-refractivity contribution in [2.45, 2.75) is 38.6 Å². The molecular formula is C15H22N2O3. The maximum absolute atomic E-state index is 11.8. The lowest BCUT2D eigenvalue weighted by Gasteiger charge is -2.28. The minimum absolute atomic E-state index is 0.352. The fraction of sp³-hybridized carbons (Fsp3) is 0.467. The van der Waals surface area contributed by atoms with Gasteiger partial charge >= 0.3 is 12.0 Å². The van der Waals surface area contributed by atoms with Gasteiger partial charge in [-0.1, -0.05) is 44.2 Å². The van der Waals surface area contributed by atoms with Gasteiger partial charge in [-0.15, -0.1) is 0 Å². The summed E-state index contributed by atoms with van der Waals surface area (Å²) in [7, 11) is 0. The van der Waals surface area contributed by atoms with Crippen LogP contribution >= 0.6 is 0 Å². The smallest absolute Gasteiger partial charge is 0.329 e. The molecule has 20 heavy (non-hydrogen) atoms. The van der Waals surface area contributed by atoms with E-state index in [0.29, 0.717) is 25.8 Å². The fourth-order valence-electron chi connectivity index (χ4n) is 2.01. The predicted octanol–water partition coefficient (Wildman–Crippen LogP) is 2.17. The van der Waals surface area contributed by atoms with Crippen molar-refractivity contribution in [2.24, 2.45) is 0 Å². The van der Waals surface area contributed by atoms with Crippen molar-refractivity contribution in [1.29, 1.82) is 0 Å². The Bertz CT molecular complexity index is 442. The average molecular weight is 278 g/mol. The molecular weight excluding hydrogens is 256 g/mol. The zero-order chi connectivity index (χ0) is 15.0. The molecule has 110 valence electrons. The van der Waals surface area contributed by atoms with Crippen LogP contribution < -0.4 is 10.6 Å². The Morgan fingerprint density at radius 2 is 1.75 bits per heavy atom. The Morgan fingerprint density at radius 3 is 2.25 bits per heavy atom. The first-order chi connectivity index (χ1) is 9.54. The van der Waals surface area contributed by atoms with E-state index < -0.39 is 17.5 Å². The van der Waals surface area contributed by atoms with Crippen molar-refractivity contribution in [3.8, 4) is 0 Å². The Morgan fingerprint density at radius 1 is 1.15 bits per heavy atom. The van der Waals surface area contributed by atoms with E-state index in [9.17, 15) is 14.7 Å². The largest absolute Gasteiger partial charge is 0.480 e. The molecule has 0 atom stereocenters. The second-order valence-electron chi connectivity index (χ2n) is 4.71. The van der Waals surface area contributed by atoms with Crippen molar-refractivity contribution in [1.82, 2.24) is 10.6 Å². The molecule has 0 spiro atoms. The molecule has 1 aromatic rings. The summed E-state index contributed by atoms with van der Waals surface area (Å²) in [5, 5.41) is 14.5. The van der Waals surface area contributed by atoms with Gasteiger partial charge in [-0.25, -0.2) is 9.59 Å². The lowest BCUT2D eigenvalue weighted by Crippen LogP contribution is -2.56. The summed E-state index contributed by atoms with van der Waals surface area (Å²) in [4.78, 5) is 23.1. The van der Waals surface area contributed by atoms with Gasteiger partial charge in [0, 0.05) is 6.54 Å². The second-order valence-corrected chi connectivity index (χ2v) is 4.71. The van der Waals surface area contributed by atoms with Crippen LogP contribution in [0.4, 0.5) is 4.79 Å². The summed E-state index contributed by atoms with van der Waals surface area (Å²) >= 11 is 0. The van der Waals surface area contributed by atoms with E-state index in [1.807, 2.05) is 30.3 Å². The Labute approximate surface area is 119 Å². The van der Waals surface area contributed by atoms with Gasteiger partial charge in [0.05, 0.1) is 0 Å². The van der Waals surface area contributed by atoms with Crippen LogP contribution in [0.25, 0.3) is 0 Å². The molecule has 1 aromatic carbocycles. The van der Waals surface area contributed by atoms with E-state index in [2.05, 4.69) is 10.6 Å². The third kappa shape index (κ3) is 4.26. The number of benzene rings is 1. The number of carbonyl (C=O) groups is 2. The van der Waals surface area contributed by atoms with Gasteiger partial charge in [-0.3, -0.25) is 0 Å². The Balaban J connectivity index is 2.45. The first kappa shape index (κ1) is 16.0. The van der Waals surface area contributed by atoms with Gasteiger partial charge in [-0.05, 0) is 24.8 Å². The normalized spacial score (nSPS) is 10.9. The Hall–Kier alpha value is -2.04. The molecule has 5 nitrogen and oxygen atoms in total. The van der Waals surface area contributed by atoms with E-state index in [0.717, 1.165) is 5.56 Å². The van der Waals surface area contributed by atoms with E-state index in [4.69, 9.17) is 0 Å². The molecule has 0 saturated heterocycles. The molecule has 0 aliphatic rings. The highest BCUT2D eigenvalue weighted by Gasteiger charge is 2.36. The maximum atomic E-state index is 11.8. The molecule has 0 bridgehead atoms. The first-order valence-electron chi connectivity index (χ1n) is 6.87. The van der Waals surface area contributed by atoms with Crippen LogP contribution in [-0.2, 0) is 11.2 Å². The number of carboxylic acids is 1. The molecule has 0 radical (unpaired) electrons. The number of urea groups is 1. The fourth-order valence-corrected chi connectivity index (χ4v) is 2.01. The summed E-state index contributed by atoms with van der Waals surface area (Å²) < 4.78 is 0. The average Bonchev–Trinajstić information content (AvgIpc) is 2.45. The lowest BCUT2D eigenvalue weighted by molar-refractivity contribution is -0.144. The van der Waals surface area contributed by atoms with Gasteiger partial charge in [0.25, 0.3) is 0 Å². The SMILES string of the molecule is CCC(CC)(NC(=O)NCCc1ccccc1)C(=O)O. The number of nitrogens with one attached hydrogen (secondary N) is 2. The van der Waals surface area contributed by atoms with E-state index in [1.165, 1.54) is 0 Å². The standard InChI is InChI=1S/C15H22N2O3/c1-3-15(4-2,13(18)19)17-14(20)16-11-10-12-8-6-5-7-9-12/h5-9H,3-4,10-11H2,1-2H3,(H,18,19)(H2,16,17,20). The van der Waals surface area contributed by atoms with Crippen molar-refractivity contribution in [3.63, 3.8) is 0 Å². The number of hydrogen-bond donors (Lipinski definition) is 3. The number of carbonyl (C=O) groups excluding carboxylic acids is 1. The lowest BCUT2D eigenvalue weighted by atomic mass is 9.93. The number of aliphatic carboxylic acids is 1. The number of hydrogen-bond acceptors (Lipinski definition) is 2. The number of amides is 2. The third-order valence-electron chi connectivity index (χ3n) is 3.51. The van der Waals surface area contributed by atoms with Crippen molar-refractivity contribution < 1.29 is 14.7 Å². The predicted molar refractivity (Wildman–Crippen MR) is 77.6 cm³/mol. The molecule has 3 N–H and O–H groups in total. The van der Waals surface area contributed by atoms with Crippen molar-refractivity contribution in [2.75, 3.05) is 6.54 Å². The second kappa shape index (κ2) is 7.53. The van der Waals surface area contributed by atoms with Gasteiger partial charge in [0.15, 0.2) is 0 Å². The third-order valence-corrected chi connectivity index (χ3v) is 3.51. The first-order valence-corrected chi connectivity index (χ1v) is 6.87. The zero-order valence-electron chi connectivity index (χ0n) is 12.0. The van der Waals surface area contributed by atoms with E-state index in [1.54, 1.807) is 13.8 Å².